The Balaban J connectivity index is 1.72. The van der Waals surface area contributed by atoms with Gasteiger partial charge in [-0.3, -0.25) is 0 Å². The summed E-state index contributed by atoms with van der Waals surface area (Å²) < 4.78 is 13.7. The second-order valence-corrected chi connectivity index (χ2v) is 5.96. The molecule has 1 atom stereocenters. The highest BCUT2D eigenvalue weighted by Crippen LogP contribution is 2.38. The number of nitrogens with one attached hydrogen (secondary N) is 1. The van der Waals surface area contributed by atoms with E-state index in [2.05, 4.69) is 12.2 Å². The first-order chi connectivity index (χ1) is 9.74. The quantitative estimate of drug-likeness (QED) is 0.764. The summed E-state index contributed by atoms with van der Waals surface area (Å²) in [6.45, 7) is 3.43. The van der Waals surface area contributed by atoms with Crippen molar-refractivity contribution in [1.29, 1.82) is 0 Å². The lowest BCUT2D eigenvalue weighted by molar-refractivity contribution is 0.227. The Morgan fingerprint density at radius 1 is 1.30 bits per heavy atom. The van der Waals surface area contributed by atoms with E-state index < -0.39 is 0 Å². The second kappa shape index (κ2) is 7.75. The fourth-order valence-corrected chi connectivity index (χ4v) is 3.12. The normalized spacial score (nSPS) is 23.4. The van der Waals surface area contributed by atoms with Gasteiger partial charge in [0.05, 0.1) is 0 Å². The van der Waals surface area contributed by atoms with Crippen LogP contribution < -0.4 is 5.32 Å². The SMILES string of the molecule is CCCC(CCO)CNC1CC(c2ccccc2F)C1. The van der Waals surface area contributed by atoms with Crippen molar-refractivity contribution in [3.8, 4) is 0 Å². The van der Waals surface area contributed by atoms with Gasteiger partial charge in [0, 0.05) is 12.6 Å². The zero-order valence-corrected chi connectivity index (χ0v) is 12.3. The van der Waals surface area contributed by atoms with Gasteiger partial charge < -0.3 is 10.4 Å². The Morgan fingerprint density at radius 2 is 2.05 bits per heavy atom. The molecule has 20 heavy (non-hydrogen) atoms. The fraction of sp³-hybridized carbons (Fsp3) is 0.647. The average molecular weight is 279 g/mol. The molecule has 0 amide bonds. The molecule has 0 radical (unpaired) electrons. The molecule has 3 heteroatoms. The Bertz CT molecular complexity index is 398. The number of aliphatic hydroxyl groups excluding tert-OH is 1. The standard InChI is InChI=1S/C17H26FNO/c1-2-5-13(8-9-20)12-19-15-10-14(11-15)16-6-3-4-7-17(16)18/h3-4,6-7,13-15,19-20H,2,5,8-12H2,1H3. The van der Waals surface area contributed by atoms with Crippen LogP contribution in [0.15, 0.2) is 24.3 Å². The Kier molecular flexibility index (Phi) is 5.99. The van der Waals surface area contributed by atoms with Crippen molar-refractivity contribution in [2.45, 2.75) is 51.0 Å². The summed E-state index contributed by atoms with van der Waals surface area (Å²) in [6, 6.07) is 7.63. The zero-order chi connectivity index (χ0) is 14.4. The van der Waals surface area contributed by atoms with E-state index in [0.29, 0.717) is 17.9 Å². The largest absolute Gasteiger partial charge is 0.396 e. The van der Waals surface area contributed by atoms with Crippen molar-refractivity contribution in [2.24, 2.45) is 5.92 Å². The molecule has 112 valence electrons. The highest BCUT2D eigenvalue weighted by Gasteiger charge is 2.31. The van der Waals surface area contributed by atoms with E-state index in [0.717, 1.165) is 44.2 Å². The van der Waals surface area contributed by atoms with Gasteiger partial charge in [0.15, 0.2) is 0 Å². The first-order valence-corrected chi connectivity index (χ1v) is 7.83. The fourth-order valence-electron chi connectivity index (χ4n) is 3.12. The average Bonchev–Trinajstić information content (AvgIpc) is 2.39. The Labute approximate surface area is 121 Å². The number of hydrogen-bond donors (Lipinski definition) is 2. The maximum Gasteiger partial charge on any atom is 0.126 e. The van der Waals surface area contributed by atoms with E-state index in [9.17, 15) is 4.39 Å². The van der Waals surface area contributed by atoms with Crippen molar-refractivity contribution >= 4 is 0 Å². The lowest BCUT2D eigenvalue weighted by atomic mass is 9.75. The molecule has 2 nitrogen and oxygen atoms in total. The van der Waals surface area contributed by atoms with Gasteiger partial charge in [-0.15, -0.1) is 0 Å². The van der Waals surface area contributed by atoms with Gasteiger partial charge in [-0.2, -0.15) is 0 Å². The molecule has 1 aliphatic rings. The maximum atomic E-state index is 13.7. The van der Waals surface area contributed by atoms with Crippen LogP contribution in [0.1, 0.15) is 50.5 Å². The van der Waals surface area contributed by atoms with Gasteiger partial charge in [-0.25, -0.2) is 4.39 Å². The lowest BCUT2D eigenvalue weighted by Gasteiger charge is -2.37. The summed E-state index contributed by atoms with van der Waals surface area (Å²) in [6.07, 6.45) is 5.26. The molecule has 2 N–H and O–H groups in total. The molecule has 1 unspecified atom stereocenters. The van der Waals surface area contributed by atoms with Crippen LogP contribution in [0.2, 0.25) is 0 Å². The summed E-state index contributed by atoms with van der Waals surface area (Å²) in [5.74, 6) is 0.869. The van der Waals surface area contributed by atoms with Crippen molar-refractivity contribution in [3.63, 3.8) is 0 Å². The molecule has 1 fully saturated rings. The second-order valence-electron chi connectivity index (χ2n) is 5.96. The molecule has 2 rings (SSSR count). The van der Waals surface area contributed by atoms with Crippen LogP contribution in [0, 0.1) is 11.7 Å². The summed E-state index contributed by atoms with van der Waals surface area (Å²) in [5.41, 5.74) is 0.867. The molecule has 1 aromatic rings. The third-order valence-electron chi connectivity index (χ3n) is 4.41. The predicted molar refractivity (Wildman–Crippen MR) is 80.3 cm³/mol. The molecule has 0 bridgehead atoms. The summed E-state index contributed by atoms with van der Waals surface area (Å²) in [4.78, 5) is 0. The molecule has 1 aromatic carbocycles. The summed E-state index contributed by atoms with van der Waals surface area (Å²) in [7, 11) is 0. The first kappa shape index (κ1) is 15.5. The molecule has 0 aliphatic heterocycles. The van der Waals surface area contributed by atoms with Gasteiger partial charge in [0.2, 0.25) is 0 Å². The highest BCUT2D eigenvalue weighted by molar-refractivity contribution is 5.24. The maximum absolute atomic E-state index is 13.7. The van der Waals surface area contributed by atoms with Gasteiger partial charge in [-0.05, 0) is 55.7 Å². The van der Waals surface area contributed by atoms with Crippen LogP contribution in [0.4, 0.5) is 4.39 Å². The van der Waals surface area contributed by atoms with Crippen LogP contribution in [0.5, 0.6) is 0 Å². The molecular weight excluding hydrogens is 253 g/mol. The number of hydrogen-bond acceptors (Lipinski definition) is 2. The Morgan fingerprint density at radius 3 is 2.70 bits per heavy atom. The third-order valence-corrected chi connectivity index (χ3v) is 4.41. The number of rotatable bonds is 8. The minimum atomic E-state index is -0.0694. The topological polar surface area (TPSA) is 32.3 Å². The molecule has 1 saturated carbocycles. The zero-order valence-electron chi connectivity index (χ0n) is 12.3. The van der Waals surface area contributed by atoms with E-state index in [1.54, 1.807) is 12.1 Å². The van der Waals surface area contributed by atoms with E-state index in [1.165, 1.54) is 0 Å². The van der Waals surface area contributed by atoms with Gasteiger partial charge in [0.1, 0.15) is 5.82 Å². The molecule has 0 saturated heterocycles. The van der Waals surface area contributed by atoms with Gasteiger partial charge in [0.25, 0.3) is 0 Å². The van der Waals surface area contributed by atoms with Crippen LogP contribution in [0.25, 0.3) is 0 Å². The van der Waals surface area contributed by atoms with E-state index in [4.69, 9.17) is 5.11 Å². The lowest BCUT2D eigenvalue weighted by Crippen LogP contribution is -2.42. The van der Waals surface area contributed by atoms with Crippen LogP contribution >= 0.6 is 0 Å². The summed E-state index contributed by atoms with van der Waals surface area (Å²) >= 11 is 0. The molecular formula is C17H26FNO. The van der Waals surface area contributed by atoms with E-state index >= 15 is 0 Å². The molecule has 0 heterocycles. The van der Waals surface area contributed by atoms with Crippen molar-refractivity contribution in [1.82, 2.24) is 5.32 Å². The minimum absolute atomic E-state index is 0.0694. The number of aliphatic hydroxyl groups is 1. The van der Waals surface area contributed by atoms with Crippen molar-refractivity contribution < 1.29 is 9.50 Å². The monoisotopic (exact) mass is 279 g/mol. The smallest absolute Gasteiger partial charge is 0.126 e. The van der Waals surface area contributed by atoms with E-state index in [1.807, 2.05) is 12.1 Å². The summed E-state index contributed by atoms with van der Waals surface area (Å²) in [5, 5.41) is 12.6. The predicted octanol–water partition coefficient (Wildman–Crippen LogP) is 3.46. The molecule has 0 spiro atoms. The third kappa shape index (κ3) is 4.03. The first-order valence-electron chi connectivity index (χ1n) is 7.83. The van der Waals surface area contributed by atoms with Crippen LogP contribution in [-0.4, -0.2) is 24.3 Å². The van der Waals surface area contributed by atoms with Crippen molar-refractivity contribution in [3.05, 3.63) is 35.6 Å². The van der Waals surface area contributed by atoms with Gasteiger partial charge >= 0.3 is 0 Å². The van der Waals surface area contributed by atoms with Crippen LogP contribution in [0.3, 0.4) is 0 Å². The highest BCUT2D eigenvalue weighted by atomic mass is 19.1. The number of halogens is 1. The van der Waals surface area contributed by atoms with Gasteiger partial charge in [-0.1, -0.05) is 31.5 Å². The number of benzene rings is 1. The molecule has 0 aromatic heterocycles. The van der Waals surface area contributed by atoms with Crippen molar-refractivity contribution in [2.75, 3.05) is 13.2 Å². The van der Waals surface area contributed by atoms with E-state index in [-0.39, 0.29) is 12.4 Å². The minimum Gasteiger partial charge on any atom is -0.396 e. The molecule has 1 aliphatic carbocycles. The Hall–Kier alpha value is -0.930. The van der Waals surface area contributed by atoms with Crippen LogP contribution in [-0.2, 0) is 0 Å².